The van der Waals surface area contributed by atoms with Gasteiger partial charge in [0, 0.05) is 6.54 Å². The molecule has 0 aliphatic heterocycles. The van der Waals surface area contributed by atoms with Crippen molar-refractivity contribution in [2.75, 3.05) is 13.2 Å². The van der Waals surface area contributed by atoms with Crippen molar-refractivity contribution in [2.24, 2.45) is 0 Å². The summed E-state index contributed by atoms with van der Waals surface area (Å²) in [6.45, 7) is 0.662. The van der Waals surface area contributed by atoms with Gasteiger partial charge in [-0.2, -0.15) is 0 Å². The molecule has 0 heterocycles. The maximum absolute atomic E-state index is 12.3. The van der Waals surface area contributed by atoms with Crippen LogP contribution in [0.15, 0.2) is 133 Å². The standard InChI is InChI=1S/C33H31NO4/c35-27-34(32(36)37-26-28-16-6-1-7-17-28)24-14-5-15-25-38-33(29-18-8-2-9-19-29,30-20-10-3-11-21-30)31-22-12-4-13-23-31/h1-14,16-23,27H,15,24-26H2/b14-5+. The maximum atomic E-state index is 12.3. The molecule has 0 saturated carbocycles. The third kappa shape index (κ3) is 6.64. The number of benzene rings is 4. The van der Waals surface area contributed by atoms with Crippen LogP contribution in [0.3, 0.4) is 0 Å². The largest absolute Gasteiger partial charge is 0.444 e. The van der Waals surface area contributed by atoms with Gasteiger partial charge in [0.15, 0.2) is 0 Å². The van der Waals surface area contributed by atoms with Crippen molar-refractivity contribution >= 4 is 12.5 Å². The lowest BCUT2D eigenvalue weighted by atomic mass is 9.80. The first kappa shape index (κ1) is 26.6. The number of imide groups is 1. The van der Waals surface area contributed by atoms with Gasteiger partial charge in [-0.05, 0) is 28.7 Å². The van der Waals surface area contributed by atoms with Crippen molar-refractivity contribution in [3.05, 3.63) is 156 Å². The quantitative estimate of drug-likeness (QED) is 0.0926. The summed E-state index contributed by atoms with van der Waals surface area (Å²) in [7, 11) is 0. The molecule has 0 aliphatic rings. The average Bonchev–Trinajstić information content (AvgIpc) is 2.99. The van der Waals surface area contributed by atoms with Crippen molar-refractivity contribution in [3.63, 3.8) is 0 Å². The van der Waals surface area contributed by atoms with Crippen molar-refractivity contribution in [1.82, 2.24) is 4.90 Å². The Morgan fingerprint density at radius 2 is 1.16 bits per heavy atom. The minimum Gasteiger partial charge on any atom is -0.444 e. The molecule has 0 fully saturated rings. The number of amides is 2. The van der Waals surface area contributed by atoms with Gasteiger partial charge in [-0.1, -0.05) is 133 Å². The number of carbonyl (C=O) groups is 2. The van der Waals surface area contributed by atoms with E-state index in [2.05, 4.69) is 36.4 Å². The van der Waals surface area contributed by atoms with Crippen molar-refractivity contribution in [2.45, 2.75) is 18.6 Å². The van der Waals surface area contributed by atoms with Crippen LogP contribution < -0.4 is 0 Å². The molecule has 0 atom stereocenters. The Morgan fingerprint density at radius 1 is 0.684 bits per heavy atom. The first-order chi connectivity index (χ1) is 18.7. The Balaban J connectivity index is 1.42. The van der Waals surface area contributed by atoms with Gasteiger partial charge < -0.3 is 9.47 Å². The molecule has 2 amide bonds. The molecule has 5 nitrogen and oxygen atoms in total. The highest BCUT2D eigenvalue weighted by molar-refractivity contribution is 5.80. The number of carbonyl (C=O) groups excluding carboxylic acids is 2. The number of hydrogen-bond donors (Lipinski definition) is 0. The van der Waals surface area contributed by atoms with E-state index in [0.717, 1.165) is 27.2 Å². The SMILES string of the molecule is O=CN(C/C=C/CCOC(c1ccccc1)(c1ccccc1)c1ccccc1)C(=O)OCc1ccccc1. The summed E-state index contributed by atoms with van der Waals surface area (Å²) < 4.78 is 12.0. The van der Waals surface area contributed by atoms with Crippen LogP contribution in [0.1, 0.15) is 28.7 Å². The van der Waals surface area contributed by atoms with Crippen LogP contribution in [0.2, 0.25) is 0 Å². The molecule has 0 spiro atoms. The van der Waals surface area contributed by atoms with E-state index in [1.165, 1.54) is 0 Å². The molecule has 4 aromatic carbocycles. The molecule has 0 bridgehead atoms. The molecule has 4 rings (SSSR count). The smallest absolute Gasteiger partial charge is 0.416 e. The predicted molar refractivity (Wildman–Crippen MR) is 148 cm³/mol. The van der Waals surface area contributed by atoms with E-state index in [0.29, 0.717) is 19.4 Å². The van der Waals surface area contributed by atoms with Crippen LogP contribution in [0.25, 0.3) is 0 Å². The third-order valence-electron chi connectivity index (χ3n) is 6.18. The van der Waals surface area contributed by atoms with Crippen molar-refractivity contribution < 1.29 is 19.1 Å². The lowest BCUT2D eigenvalue weighted by Crippen LogP contribution is -2.33. The molecule has 0 unspecified atom stereocenters. The molecular formula is C33H31NO4. The third-order valence-corrected chi connectivity index (χ3v) is 6.18. The second-order valence-electron chi connectivity index (χ2n) is 8.69. The monoisotopic (exact) mass is 505 g/mol. The summed E-state index contributed by atoms with van der Waals surface area (Å²) in [6, 6.07) is 39.9. The van der Waals surface area contributed by atoms with Crippen LogP contribution in [0.5, 0.6) is 0 Å². The van der Waals surface area contributed by atoms with Gasteiger partial charge in [0.2, 0.25) is 6.41 Å². The summed E-state index contributed by atoms with van der Waals surface area (Å²) in [4.78, 5) is 24.7. The van der Waals surface area contributed by atoms with Crippen LogP contribution in [0.4, 0.5) is 4.79 Å². The van der Waals surface area contributed by atoms with Crippen LogP contribution in [-0.2, 0) is 26.5 Å². The molecule has 0 saturated heterocycles. The van der Waals surface area contributed by atoms with Crippen molar-refractivity contribution in [1.29, 1.82) is 0 Å². The number of nitrogens with zero attached hydrogens (tertiary/aromatic N) is 1. The summed E-state index contributed by atoms with van der Waals surface area (Å²) in [5, 5.41) is 0. The Bertz CT molecular complexity index is 1200. The van der Waals surface area contributed by atoms with Gasteiger partial charge in [0.1, 0.15) is 12.2 Å². The summed E-state index contributed by atoms with van der Waals surface area (Å²) in [5.74, 6) is 0. The minimum absolute atomic E-state index is 0.113. The second-order valence-corrected chi connectivity index (χ2v) is 8.69. The van der Waals surface area contributed by atoms with E-state index >= 15 is 0 Å². The molecule has 0 aliphatic carbocycles. The Hall–Kier alpha value is -4.48. The first-order valence-electron chi connectivity index (χ1n) is 12.6. The average molecular weight is 506 g/mol. The highest BCUT2D eigenvalue weighted by Crippen LogP contribution is 2.40. The predicted octanol–water partition coefficient (Wildman–Crippen LogP) is 6.74. The minimum atomic E-state index is -0.784. The van der Waals surface area contributed by atoms with Crippen LogP contribution in [0, 0.1) is 0 Å². The van der Waals surface area contributed by atoms with Crippen LogP contribution >= 0.6 is 0 Å². The van der Waals surface area contributed by atoms with E-state index in [1.807, 2.05) is 91.0 Å². The topological polar surface area (TPSA) is 55.8 Å². The fourth-order valence-corrected chi connectivity index (χ4v) is 4.32. The van der Waals surface area contributed by atoms with E-state index in [-0.39, 0.29) is 13.2 Å². The van der Waals surface area contributed by atoms with Gasteiger partial charge in [-0.15, -0.1) is 0 Å². The lowest BCUT2D eigenvalue weighted by Gasteiger charge is -2.36. The molecule has 38 heavy (non-hydrogen) atoms. The zero-order chi connectivity index (χ0) is 26.5. The Kier molecular flexibility index (Phi) is 9.60. The molecule has 192 valence electrons. The van der Waals surface area contributed by atoms with Gasteiger partial charge >= 0.3 is 6.09 Å². The molecular weight excluding hydrogens is 474 g/mol. The summed E-state index contributed by atoms with van der Waals surface area (Å²) in [6.07, 6.45) is 4.09. The maximum Gasteiger partial charge on any atom is 0.416 e. The van der Waals surface area contributed by atoms with Gasteiger partial charge in [0.05, 0.1) is 6.61 Å². The second kappa shape index (κ2) is 13.7. The number of ether oxygens (including phenoxy) is 2. The van der Waals surface area contributed by atoms with E-state index in [1.54, 1.807) is 6.08 Å². The highest BCUT2D eigenvalue weighted by Gasteiger charge is 2.37. The number of rotatable bonds is 12. The molecule has 5 heteroatoms. The van der Waals surface area contributed by atoms with Crippen LogP contribution in [-0.4, -0.2) is 30.6 Å². The lowest BCUT2D eigenvalue weighted by molar-refractivity contribution is -0.116. The van der Waals surface area contributed by atoms with Crippen molar-refractivity contribution in [3.8, 4) is 0 Å². The normalized spacial score (nSPS) is 11.3. The zero-order valence-corrected chi connectivity index (χ0v) is 21.2. The van der Waals surface area contributed by atoms with E-state index < -0.39 is 11.7 Å². The zero-order valence-electron chi connectivity index (χ0n) is 21.2. The number of hydrogen-bond acceptors (Lipinski definition) is 4. The van der Waals surface area contributed by atoms with E-state index in [4.69, 9.17) is 9.47 Å². The summed E-state index contributed by atoms with van der Waals surface area (Å²) in [5.41, 5.74) is 3.19. The molecule has 0 aromatic heterocycles. The fourth-order valence-electron chi connectivity index (χ4n) is 4.32. The van der Waals surface area contributed by atoms with Gasteiger partial charge in [-0.25, -0.2) is 9.69 Å². The Morgan fingerprint density at radius 3 is 1.63 bits per heavy atom. The fraction of sp³-hybridized carbons (Fsp3) is 0.152. The first-order valence-corrected chi connectivity index (χ1v) is 12.6. The van der Waals surface area contributed by atoms with Gasteiger partial charge in [0.25, 0.3) is 0 Å². The van der Waals surface area contributed by atoms with E-state index in [9.17, 15) is 9.59 Å². The molecule has 0 N–H and O–H groups in total. The van der Waals surface area contributed by atoms with Gasteiger partial charge in [-0.3, -0.25) is 4.79 Å². The summed E-state index contributed by atoms with van der Waals surface area (Å²) >= 11 is 0. The highest BCUT2D eigenvalue weighted by atomic mass is 16.6. The molecule has 0 radical (unpaired) electrons. The Labute approximate surface area is 224 Å². The molecule has 4 aromatic rings.